The van der Waals surface area contributed by atoms with Crippen molar-refractivity contribution in [2.45, 2.75) is 19.8 Å². The van der Waals surface area contributed by atoms with E-state index in [0.717, 1.165) is 17.7 Å². The quantitative estimate of drug-likeness (QED) is 0.809. The van der Waals surface area contributed by atoms with Crippen molar-refractivity contribution in [3.05, 3.63) is 53.9 Å². The third-order valence-electron chi connectivity index (χ3n) is 3.84. The van der Waals surface area contributed by atoms with Crippen LogP contribution in [0.2, 0.25) is 0 Å². The number of methoxy groups -OCH3 is 2. The molecule has 24 heavy (non-hydrogen) atoms. The minimum atomic E-state index is -0.119. The minimum Gasteiger partial charge on any atom is -0.493 e. The molecular weight excluding hydrogens is 304 g/mol. The number of hydrogen-bond donors (Lipinski definition) is 1. The van der Waals surface area contributed by atoms with Crippen LogP contribution in [0.25, 0.3) is 0 Å². The van der Waals surface area contributed by atoms with Crippen molar-refractivity contribution in [3.8, 4) is 11.5 Å². The molecule has 0 bridgehead atoms. The van der Waals surface area contributed by atoms with E-state index in [-0.39, 0.29) is 11.8 Å². The van der Waals surface area contributed by atoms with Gasteiger partial charge in [0.1, 0.15) is 0 Å². The topological polar surface area (TPSA) is 60.5 Å². The Morgan fingerprint density at radius 3 is 2.62 bits per heavy atom. The number of rotatable bonds is 8. The molecular formula is C19H24N2O3. The van der Waals surface area contributed by atoms with E-state index in [0.29, 0.717) is 24.5 Å². The second kappa shape index (κ2) is 8.91. The fraction of sp³-hybridized carbons (Fsp3) is 0.368. The maximum atomic E-state index is 12.2. The fourth-order valence-electron chi connectivity index (χ4n) is 2.49. The van der Waals surface area contributed by atoms with Gasteiger partial charge in [-0.25, -0.2) is 0 Å². The zero-order chi connectivity index (χ0) is 17.4. The van der Waals surface area contributed by atoms with Crippen molar-refractivity contribution < 1.29 is 14.3 Å². The van der Waals surface area contributed by atoms with E-state index >= 15 is 0 Å². The molecule has 0 saturated heterocycles. The van der Waals surface area contributed by atoms with E-state index in [4.69, 9.17) is 9.47 Å². The van der Waals surface area contributed by atoms with Crippen LogP contribution in [-0.4, -0.2) is 31.7 Å². The summed E-state index contributed by atoms with van der Waals surface area (Å²) in [5.74, 6) is 1.29. The molecule has 5 heteroatoms. The molecule has 0 spiro atoms. The molecule has 0 radical (unpaired) electrons. The molecule has 0 aliphatic rings. The summed E-state index contributed by atoms with van der Waals surface area (Å²) in [6.45, 7) is 2.51. The van der Waals surface area contributed by atoms with E-state index in [1.165, 1.54) is 0 Å². The standard InChI is InChI=1S/C19H24N2O3/c1-14(12-15-7-8-17(23-2)18(13-15)24-3)19(22)21-11-9-16-6-4-5-10-20-16/h4-8,10,13-14H,9,11-12H2,1-3H3,(H,21,22). The van der Waals surface area contributed by atoms with Crippen LogP contribution >= 0.6 is 0 Å². The average Bonchev–Trinajstić information content (AvgIpc) is 2.62. The molecule has 0 aliphatic carbocycles. The average molecular weight is 328 g/mol. The Labute approximate surface area is 143 Å². The number of hydrogen-bond acceptors (Lipinski definition) is 4. The van der Waals surface area contributed by atoms with Crippen LogP contribution in [0.15, 0.2) is 42.6 Å². The number of benzene rings is 1. The van der Waals surface area contributed by atoms with Gasteiger partial charge in [-0.05, 0) is 36.2 Å². The molecule has 1 amide bonds. The minimum absolute atomic E-state index is 0.0423. The van der Waals surface area contributed by atoms with Gasteiger partial charge >= 0.3 is 0 Å². The maximum absolute atomic E-state index is 12.2. The first kappa shape index (κ1) is 17.8. The van der Waals surface area contributed by atoms with E-state index in [9.17, 15) is 4.79 Å². The lowest BCUT2D eigenvalue weighted by Crippen LogP contribution is -2.32. The number of nitrogens with zero attached hydrogens (tertiary/aromatic N) is 1. The number of aromatic nitrogens is 1. The second-order valence-corrected chi connectivity index (χ2v) is 5.66. The third kappa shape index (κ3) is 4.98. The predicted octanol–water partition coefficient (Wildman–Crippen LogP) is 2.64. The highest BCUT2D eigenvalue weighted by molar-refractivity contribution is 5.78. The number of carbonyl (C=O) groups excluding carboxylic acids is 1. The first-order valence-corrected chi connectivity index (χ1v) is 8.02. The van der Waals surface area contributed by atoms with Crippen LogP contribution in [0.1, 0.15) is 18.2 Å². The molecule has 1 unspecified atom stereocenters. The van der Waals surface area contributed by atoms with Crippen molar-refractivity contribution >= 4 is 5.91 Å². The summed E-state index contributed by atoms with van der Waals surface area (Å²) in [7, 11) is 3.21. The van der Waals surface area contributed by atoms with Crippen LogP contribution in [0, 0.1) is 5.92 Å². The molecule has 1 aromatic carbocycles. The number of nitrogens with one attached hydrogen (secondary N) is 1. The van der Waals surface area contributed by atoms with Gasteiger partial charge in [0, 0.05) is 30.8 Å². The molecule has 5 nitrogen and oxygen atoms in total. The Morgan fingerprint density at radius 1 is 1.17 bits per heavy atom. The number of ether oxygens (including phenoxy) is 2. The molecule has 0 aliphatic heterocycles. The van der Waals surface area contributed by atoms with Crippen LogP contribution in [-0.2, 0) is 17.6 Å². The Kier molecular flexibility index (Phi) is 6.61. The highest BCUT2D eigenvalue weighted by atomic mass is 16.5. The van der Waals surface area contributed by atoms with Crippen molar-refractivity contribution in [2.75, 3.05) is 20.8 Å². The summed E-state index contributed by atoms with van der Waals surface area (Å²) in [6, 6.07) is 11.5. The van der Waals surface area contributed by atoms with E-state index < -0.39 is 0 Å². The largest absolute Gasteiger partial charge is 0.493 e. The molecule has 1 N–H and O–H groups in total. The normalized spacial score (nSPS) is 11.6. The molecule has 0 fully saturated rings. The molecule has 1 aromatic heterocycles. The van der Waals surface area contributed by atoms with Crippen molar-refractivity contribution in [3.63, 3.8) is 0 Å². The highest BCUT2D eigenvalue weighted by Gasteiger charge is 2.14. The number of carbonyl (C=O) groups is 1. The monoisotopic (exact) mass is 328 g/mol. The highest BCUT2D eigenvalue weighted by Crippen LogP contribution is 2.28. The lowest BCUT2D eigenvalue weighted by atomic mass is 10.00. The third-order valence-corrected chi connectivity index (χ3v) is 3.84. The smallest absolute Gasteiger partial charge is 0.223 e. The van der Waals surface area contributed by atoms with Crippen LogP contribution in [0.4, 0.5) is 0 Å². The second-order valence-electron chi connectivity index (χ2n) is 5.66. The van der Waals surface area contributed by atoms with Gasteiger partial charge in [-0.15, -0.1) is 0 Å². The van der Waals surface area contributed by atoms with Gasteiger partial charge < -0.3 is 14.8 Å². The molecule has 0 saturated carbocycles. The number of amides is 1. The summed E-state index contributed by atoms with van der Waals surface area (Å²) in [5, 5.41) is 2.97. The fourth-order valence-corrected chi connectivity index (χ4v) is 2.49. The zero-order valence-corrected chi connectivity index (χ0v) is 14.4. The Bertz CT molecular complexity index is 659. The summed E-state index contributed by atoms with van der Waals surface area (Å²) in [4.78, 5) is 16.5. The number of pyridine rings is 1. The van der Waals surface area contributed by atoms with E-state index in [1.807, 2.05) is 43.3 Å². The van der Waals surface area contributed by atoms with Crippen molar-refractivity contribution in [1.29, 1.82) is 0 Å². The van der Waals surface area contributed by atoms with Crippen LogP contribution < -0.4 is 14.8 Å². The molecule has 2 aromatic rings. The van der Waals surface area contributed by atoms with Gasteiger partial charge in [0.15, 0.2) is 11.5 Å². The first-order valence-electron chi connectivity index (χ1n) is 8.02. The summed E-state index contributed by atoms with van der Waals surface area (Å²) < 4.78 is 10.5. The zero-order valence-electron chi connectivity index (χ0n) is 14.4. The van der Waals surface area contributed by atoms with Gasteiger partial charge in [0.25, 0.3) is 0 Å². The Balaban J connectivity index is 1.85. The van der Waals surface area contributed by atoms with Gasteiger partial charge in [-0.3, -0.25) is 9.78 Å². The maximum Gasteiger partial charge on any atom is 0.223 e. The first-order chi connectivity index (χ1) is 11.6. The van der Waals surface area contributed by atoms with Gasteiger partial charge in [0.05, 0.1) is 14.2 Å². The molecule has 128 valence electrons. The predicted molar refractivity (Wildman–Crippen MR) is 93.4 cm³/mol. The summed E-state index contributed by atoms with van der Waals surface area (Å²) in [6.07, 6.45) is 3.14. The van der Waals surface area contributed by atoms with Crippen molar-refractivity contribution in [2.24, 2.45) is 5.92 Å². The van der Waals surface area contributed by atoms with E-state index in [1.54, 1.807) is 20.4 Å². The van der Waals surface area contributed by atoms with Crippen molar-refractivity contribution in [1.82, 2.24) is 10.3 Å². The molecule has 1 atom stereocenters. The Morgan fingerprint density at radius 2 is 1.96 bits per heavy atom. The van der Waals surface area contributed by atoms with Crippen LogP contribution in [0.3, 0.4) is 0 Å². The molecule has 2 rings (SSSR count). The summed E-state index contributed by atoms with van der Waals surface area (Å²) >= 11 is 0. The Hall–Kier alpha value is -2.56. The summed E-state index contributed by atoms with van der Waals surface area (Å²) in [5.41, 5.74) is 2.02. The van der Waals surface area contributed by atoms with Gasteiger partial charge in [-0.1, -0.05) is 19.1 Å². The van der Waals surface area contributed by atoms with Crippen LogP contribution in [0.5, 0.6) is 11.5 Å². The lowest BCUT2D eigenvalue weighted by Gasteiger charge is -2.14. The van der Waals surface area contributed by atoms with Gasteiger partial charge in [-0.2, -0.15) is 0 Å². The van der Waals surface area contributed by atoms with E-state index in [2.05, 4.69) is 10.3 Å². The van der Waals surface area contributed by atoms with Gasteiger partial charge in [0.2, 0.25) is 5.91 Å². The molecule has 1 heterocycles. The SMILES string of the molecule is COc1ccc(CC(C)C(=O)NCCc2ccccn2)cc1OC. The lowest BCUT2D eigenvalue weighted by molar-refractivity contribution is -0.124.